The van der Waals surface area contributed by atoms with Crippen molar-refractivity contribution >= 4 is 17.6 Å². The molecule has 1 saturated heterocycles. The van der Waals surface area contributed by atoms with Crippen molar-refractivity contribution in [3.63, 3.8) is 0 Å². The molecule has 1 atom stereocenters. The van der Waals surface area contributed by atoms with Crippen molar-refractivity contribution < 1.29 is 31.6 Å². The van der Waals surface area contributed by atoms with Gasteiger partial charge in [0.15, 0.2) is 0 Å². The van der Waals surface area contributed by atoms with E-state index in [-0.39, 0.29) is 24.5 Å². The molecule has 1 aliphatic rings. The summed E-state index contributed by atoms with van der Waals surface area (Å²) < 4.78 is 10.7. The summed E-state index contributed by atoms with van der Waals surface area (Å²) in [6.45, 7) is 6.27. The third kappa shape index (κ3) is 5.29. The zero-order chi connectivity index (χ0) is 13.7. The SMILES string of the molecule is CC(C[NH+]1CCOCC1)OC(=O)c1ccc(Cl)cc1.[Cl-]. The number of morpholine rings is 1. The molecule has 1 aromatic rings. The fourth-order valence-corrected chi connectivity index (χ4v) is 2.28. The smallest absolute Gasteiger partial charge is 0.338 e. The zero-order valence-electron chi connectivity index (χ0n) is 11.4. The van der Waals surface area contributed by atoms with Crippen LogP contribution < -0.4 is 17.3 Å². The lowest BCUT2D eigenvalue weighted by Gasteiger charge is -2.26. The number of benzene rings is 1. The molecule has 1 fully saturated rings. The zero-order valence-corrected chi connectivity index (χ0v) is 12.9. The number of rotatable bonds is 4. The second kappa shape index (κ2) is 8.47. The fourth-order valence-electron chi connectivity index (χ4n) is 2.15. The molecule has 20 heavy (non-hydrogen) atoms. The van der Waals surface area contributed by atoms with Crippen LogP contribution >= 0.6 is 11.6 Å². The van der Waals surface area contributed by atoms with Crippen LogP contribution in [-0.2, 0) is 9.47 Å². The van der Waals surface area contributed by atoms with E-state index in [2.05, 4.69) is 0 Å². The molecule has 112 valence electrons. The van der Waals surface area contributed by atoms with E-state index >= 15 is 0 Å². The molecule has 2 rings (SSSR count). The lowest BCUT2D eigenvalue weighted by Crippen LogP contribution is -3.15. The third-order valence-corrected chi connectivity index (χ3v) is 3.42. The number of hydrogen-bond donors (Lipinski definition) is 1. The molecule has 0 radical (unpaired) electrons. The molecule has 0 spiro atoms. The van der Waals surface area contributed by atoms with Gasteiger partial charge in [-0.25, -0.2) is 4.79 Å². The van der Waals surface area contributed by atoms with E-state index in [0.29, 0.717) is 10.6 Å². The predicted molar refractivity (Wildman–Crippen MR) is 72.7 cm³/mol. The molecule has 0 bridgehead atoms. The average Bonchev–Trinajstić information content (AvgIpc) is 2.40. The van der Waals surface area contributed by atoms with E-state index in [9.17, 15) is 4.79 Å². The van der Waals surface area contributed by atoms with Gasteiger partial charge in [-0.05, 0) is 31.2 Å². The van der Waals surface area contributed by atoms with E-state index in [1.807, 2.05) is 6.92 Å². The first-order chi connectivity index (χ1) is 9.15. The van der Waals surface area contributed by atoms with Crippen molar-refractivity contribution in [3.05, 3.63) is 34.9 Å². The quantitative estimate of drug-likeness (QED) is 0.641. The van der Waals surface area contributed by atoms with Crippen molar-refractivity contribution in [2.45, 2.75) is 13.0 Å². The van der Waals surface area contributed by atoms with E-state index in [4.69, 9.17) is 21.1 Å². The molecule has 1 aliphatic heterocycles. The Morgan fingerprint density at radius 3 is 2.55 bits per heavy atom. The van der Waals surface area contributed by atoms with E-state index in [1.165, 1.54) is 4.90 Å². The van der Waals surface area contributed by atoms with Crippen LogP contribution in [0, 0.1) is 0 Å². The Labute approximate surface area is 130 Å². The molecule has 0 amide bonds. The van der Waals surface area contributed by atoms with Gasteiger partial charge < -0.3 is 26.8 Å². The van der Waals surface area contributed by atoms with Gasteiger partial charge in [0.25, 0.3) is 0 Å². The number of hydrogen-bond acceptors (Lipinski definition) is 3. The Morgan fingerprint density at radius 2 is 1.95 bits per heavy atom. The summed E-state index contributed by atoms with van der Waals surface area (Å²) >= 11 is 5.78. The first kappa shape index (κ1) is 17.2. The lowest BCUT2D eigenvalue weighted by atomic mass is 10.2. The number of esters is 1. The van der Waals surface area contributed by atoms with Crippen LogP contribution in [0.4, 0.5) is 0 Å². The Balaban J connectivity index is 0.00000200. The topological polar surface area (TPSA) is 40.0 Å². The highest BCUT2D eigenvalue weighted by atomic mass is 35.5. The van der Waals surface area contributed by atoms with Crippen LogP contribution in [0.15, 0.2) is 24.3 Å². The summed E-state index contributed by atoms with van der Waals surface area (Å²) in [7, 11) is 0. The maximum absolute atomic E-state index is 11.9. The first-order valence-electron chi connectivity index (χ1n) is 6.53. The largest absolute Gasteiger partial charge is 1.00 e. The molecule has 1 unspecified atom stereocenters. The van der Waals surface area contributed by atoms with Gasteiger partial charge in [0.1, 0.15) is 25.7 Å². The van der Waals surface area contributed by atoms with Gasteiger partial charge in [-0.15, -0.1) is 0 Å². The molecular weight excluding hydrogens is 301 g/mol. The van der Waals surface area contributed by atoms with E-state index in [1.54, 1.807) is 24.3 Å². The van der Waals surface area contributed by atoms with Crippen LogP contribution in [0.5, 0.6) is 0 Å². The molecule has 1 N–H and O–H groups in total. The normalized spacial score (nSPS) is 17.1. The minimum absolute atomic E-state index is 0. The molecule has 0 aliphatic carbocycles. The van der Waals surface area contributed by atoms with Crippen molar-refractivity contribution in [2.24, 2.45) is 0 Å². The summed E-state index contributed by atoms with van der Waals surface area (Å²) in [5, 5.41) is 0.613. The van der Waals surface area contributed by atoms with Gasteiger partial charge in [0.2, 0.25) is 0 Å². The summed E-state index contributed by atoms with van der Waals surface area (Å²) in [6.07, 6.45) is -0.101. The van der Waals surface area contributed by atoms with Gasteiger partial charge in [-0.2, -0.15) is 0 Å². The van der Waals surface area contributed by atoms with Crippen molar-refractivity contribution in [1.82, 2.24) is 0 Å². The average molecular weight is 320 g/mol. The number of quaternary nitrogens is 1. The van der Waals surface area contributed by atoms with E-state index < -0.39 is 0 Å². The number of carbonyl (C=O) groups excluding carboxylic acids is 1. The summed E-state index contributed by atoms with van der Waals surface area (Å²) in [6, 6.07) is 6.74. The van der Waals surface area contributed by atoms with Gasteiger partial charge in [-0.1, -0.05) is 11.6 Å². The second-order valence-corrected chi connectivity index (χ2v) is 5.23. The Bertz CT molecular complexity index is 419. The van der Waals surface area contributed by atoms with Crippen LogP contribution in [0.2, 0.25) is 5.02 Å². The van der Waals surface area contributed by atoms with Crippen molar-refractivity contribution in [1.29, 1.82) is 0 Å². The maximum atomic E-state index is 11.9. The molecule has 6 heteroatoms. The van der Waals surface area contributed by atoms with Crippen LogP contribution in [-0.4, -0.2) is 44.9 Å². The van der Waals surface area contributed by atoms with Gasteiger partial charge in [0, 0.05) is 5.02 Å². The summed E-state index contributed by atoms with van der Waals surface area (Å²) in [5.74, 6) is -0.295. The highest BCUT2D eigenvalue weighted by molar-refractivity contribution is 6.30. The Morgan fingerprint density at radius 1 is 1.35 bits per heavy atom. The summed E-state index contributed by atoms with van der Waals surface area (Å²) in [5.41, 5.74) is 0.535. The first-order valence-corrected chi connectivity index (χ1v) is 6.91. The molecule has 0 aromatic heterocycles. The minimum atomic E-state index is -0.295. The van der Waals surface area contributed by atoms with Gasteiger partial charge in [0.05, 0.1) is 18.8 Å². The van der Waals surface area contributed by atoms with Crippen LogP contribution in [0.1, 0.15) is 17.3 Å². The second-order valence-electron chi connectivity index (χ2n) is 4.79. The third-order valence-electron chi connectivity index (χ3n) is 3.16. The highest BCUT2D eigenvalue weighted by Gasteiger charge is 2.20. The fraction of sp³-hybridized carbons (Fsp3) is 0.500. The van der Waals surface area contributed by atoms with Crippen LogP contribution in [0.3, 0.4) is 0 Å². The standard InChI is InChI=1S/C14H18ClNO3.ClH/c1-11(10-16-6-8-18-9-7-16)19-14(17)12-2-4-13(15)5-3-12;/h2-5,11H,6-10H2,1H3;1H. The lowest BCUT2D eigenvalue weighted by molar-refractivity contribution is -0.910. The number of ether oxygens (including phenoxy) is 2. The predicted octanol–water partition coefficient (Wildman–Crippen LogP) is -2.20. The molecule has 1 aromatic carbocycles. The Kier molecular flexibility index (Phi) is 7.30. The van der Waals surface area contributed by atoms with Crippen LogP contribution in [0.25, 0.3) is 0 Å². The van der Waals surface area contributed by atoms with Crippen molar-refractivity contribution in [3.8, 4) is 0 Å². The monoisotopic (exact) mass is 319 g/mol. The molecule has 1 heterocycles. The number of nitrogens with one attached hydrogen (secondary N) is 1. The van der Waals surface area contributed by atoms with Crippen molar-refractivity contribution in [2.75, 3.05) is 32.8 Å². The summed E-state index contributed by atoms with van der Waals surface area (Å²) in [4.78, 5) is 13.3. The molecule has 4 nitrogen and oxygen atoms in total. The minimum Gasteiger partial charge on any atom is -1.00 e. The Hall–Kier alpha value is -0.810. The highest BCUT2D eigenvalue weighted by Crippen LogP contribution is 2.10. The number of carbonyl (C=O) groups is 1. The number of halogens is 2. The molecular formula is C14H19Cl2NO3. The van der Waals surface area contributed by atoms with Gasteiger partial charge in [-0.3, -0.25) is 0 Å². The van der Waals surface area contributed by atoms with E-state index in [0.717, 1.165) is 32.8 Å². The maximum Gasteiger partial charge on any atom is 0.338 e. The molecule has 0 saturated carbocycles. The van der Waals surface area contributed by atoms with Gasteiger partial charge >= 0.3 is 5.97 Å².